The number of nitrogens with zero attached hydrogens (tertiary/aromatic N) is 2. The van der Waals surface area contributed by atoms with Crippen LogP contribution < -0.4 is 26.8 Å². The van der Waals surface area contributed by atoms with Crippen molar-refractivity contribution >= 4 is 85.6 Å². The number of amides is 2. The number of nitrogen functional groups attached to an aromatic ring is 1. The summed E-state index contributed by atoms with van der Waals surface area (Å²) in [5.74, 6) is -3.49. The first-order valence-corrected chi connectivity index (χ1v) is 20.3. The van der Waals surface area contributed by atoms with Gasteiger partial charge in [-0.05, 0) is 54.3 Å². The number of carbonyl (C=O) groups excluding carboxylic acids is 4. The summed E-state index contributed by atoms with van der Waals surface area (Å²) in [6.45, 7) is 2.06. The number of Topliss-reactive ketones (excluding diaryl/α,β-unsaturated/α-hetero) is 1. The highest BCUT2D eigenvalue weighted by Crippen LogP contribution is 2.22. The summed E-state index contributed by atoms with van der Waals surface area (Å²) in [5.41, 5.74) is 7.29. The van der Waals surface area contributed by atoms with E-state index in [2.05, 4.69) is 26.5 Å². The fourth-order valence-electron chi connectivity index (χ4n) is 5.51. The van der Waals surface area contributed by atoms with Crippen LogP contribution in [0.1, 0.15) is 61.4 Å². The Hall–Kier alpha value is -6.07. The third kappa shape index (κ3) is 15.8. The third-order valence-electron chi connectivity index (χ3n) is 8.28. The first kappa shape index (κ1) is 46.3. The van der Waals surface area contributed by atoms with Gasteiger partial charge in [0.1, 0.15) is 12.6 Å². The predicted octanol–water partition coefficient (Wildman–Crippen LogP) is 2.45. The zero-order chi connectivity index (χ0) is 42.8. The quantitative estimate of drug-likeness (QED) is 0.0279. The fraction of sp³-hybridized carbons (Fsp3) is 0.395. The highest BCUT2D eigenvalue weighted by molar-refractivity contribution is 8.76. The highest BCUT2D eigenvalue weighted by atomic mass is 33.1. The van der Waals surface area contributed by atoms with E-state index >= 15 is 0 Å². The van der Waals surface area contributed by atoms with Gasteiger partial charge in [0, 0.05) is 55.0 Å². The first-order chi connectivity index (χ1) is 27.6. The smallest absolute Gasteiger partial charge is 0.326 e. The zero-order valence-electron chi connectivity index (χ0n) is 31.4. The number of terminal acetylenes is 1. The van der Waals surface area contributed by atoms with Crippen molar-refractivity contribution in [2.24, 2.45) is 5.92 Å². The van der Waals surface area contributed by atoms with Crippen LogP contribution in [0.5, 0.6) is 0 Å². The minimum Gasteiger partial charge on any atom is -0.481 e. The van der Waals surface area contributed by atoms with E-state index in [9.17, 15) is 43.5 Å². The van der Waals surface area contributed by atoms with E-state index in [1.165, 1.54) is 33.7 Å². The van der Waals surface area contributed by atoms with E-state index in [0.717, 1.165) is 5.56 Å². The second kappa shape index (κ2) is 23.2. The van der Waals surface area contributed by atoms with E-state index in [1.807, 2.05) is 4.90 Å². The van der Waals surface area contributed by atoms with Gasteiger partial charge in [-0.25, -0.2) is 9.78 Å². The molecule has 8 N–H and O–H groups in total. The zero-order valence-corrected chi connectivity index (χ0v) is 33.1. The lowest BCUT2D eigenvalue weighted by Gasteiger charge is -2.23. The number of carboxylic acid groups (broad SMARTS) is 3. The normalized spacial score (nSPS) is 12.3. The monoisotopic (exact) mass is 840 g/mol. The molecule has 310 valence electrons. The van der Waals surface area contributed by atoms with Crippen molar-refractivity contribution in [2.75, 3.05) is 35.3 Å². The molecule has 3 rings (SSSR count). The predicted molar refractivity (Wildman–Crippen MR) is 217 cm³/mol. The largest absolute Gasteiger partial charge is 0.481 e. The lowest BCUT2D eigenvalue weighted by atomic mass is 9.96. The Morgan fingerprint density at radius 2 is 1.62 bits per heavy atom. The molecule has 3 atom stereocenters. The first-order valence-electron chi connectivity index (χ1n) is 17.8. The van der Waals surface area contributed by atoms with E-state index in [1.54, 1.807) is 37.3 Å². The van der Waals surface area contributed by atoms with Crippen molar-refractivity contribution in [3.05, 3.63) is 63.9 Å². The number of fused-ring (bicyclic) bond motifs is 1. The number of ether oxygens (including phenoxy) is 1. The molecule has 0 fully saturated rings. The van der Waals surface area contributed by atoms with Gasteiger partial charge in [-0.3, -0.25) is 38.5 Å². The standard InChI is InChI=1S/C38H44N6O12S2/c1-3-13-44(21-23-4-9-27-26(19-23)36(53)43-38(39)42-27)25-7-5-24(6-8-25)35(52)41-28(37(54)55)10-11-34(51)56-14-16-58-57-15-12-31(46)40-29(20-33(49)50)30(45)17-22(2)18-32(47)48/h1,4-9,19,22,28-29H,10-18,20-21H2,2H3,(H,40,46)(H,41,52)(H,47,48)(H,49,50)(H,54,55)(H3,39,42,43,53)/t22-,28-,29-/m0/s1. The number of rotatable bonds is 25. The summed E-state index contributed by atoms with van der Waals surface area (Å²) < 4.78 is 5.16. The van der Waals surface area contributed by atoms with Crippen LogP contribution >= 0.6 is 21.6 Å². The number of ketones is 1. The Balaban J connectivity index is 1.39. The molecule has 0 aliphatic heterocycles. The van der Waals surface area contributed by atoms with Gasteiger partial charge in [-0.1, -0.05) is 40.5 Å². The number of anilines is 2. The Morgan fingerprint density at radius 3 is 2.28 bits per heavy atom. The highest BCUT2D eigenvalue weighted by Gasteiger charge is 2.26. The molecule has 0 aliphatic carbocycles. The van der Waals surface area contributed by atoms with Gasteiger partial charge in [-0.2, -0.15) is 0 Å². The maximum absolute atomic E-state index is 12.9. The molecule has 2 aromatic carbocycles. The summed E-state index contributed by atoms with van der Waals surface area (Å²) in [6, 6.07) is 8.81. The molecule has 18 nitrogen and oxygen atoms in total. The van der Waals surface area contributed by atoms with Gasteiger partial charge in [0.15, 0.2) is 5.78 Å². The number of nitrogens with one attached hydrogen (secondary N) is 3. The Bertz CT molecular complexity index is 2070. The van der Waals surface area contributed by atoms with Gasteiger partial charge in [0.2, 0.25) is 11.9 Å². The second-order valence-electron chi connectivity index (χ2n) is 13.0. The number of carbonyl (C=O) groups is 7. The number of aromatic nitrogens is 2. The molecule has 58 heavy (non-hydrogen) atoms. The SMILES string of the molecule is C#CCN(Cc1ccc2nc(N)[nH]c(=O)c2c1)c1ccc(C(=O)N[C@@H](CCC(=O)OCCSSCCC(=O)N[C@@H](CC(=O)O)C(=O)C[C@H](C)CC(=O)O)C(=O)O)cc1. The number of hydrogen-bond donors (Lipinski definition) is 7. The average molecular weight is 841 g/mol. The average Bonchev–Trinajstić information content (AvgIpc) is 3.15. The molecule has 0 radical (unpaired) electrons. The van der Waals surface area contributed by atoms with E-state index < -0.39 is 65.9 Å². The number of nitrogens with two attached hydrogens (primary N) is 1. The number of benzene rings is 2. The van der Waals surface area contributed by atoms with Crippen molar-refractivity contribution in [1.29, 1.82) is 0 Å². The maximum atomic E-state index is 12.9. The van der Waals surface area contributed by atoms with Crippen molar-refractivity contribution in [1.82, 2.24) is 20.6 Å². The van der Waals surface area contributed by atoms with Crippen LogP contribution in [0, 0.1) is 18.3 Å². The molecule has 1 aromatic heterocycles. The van der Waals surface area contributed by atoms with Gasteiger partial charge in [-0.15, -0.1) is 6.42 Å². The molecule has 0 bridgehead atoms. The molecule has 2 amide bonds. The summed E-state index contributed by atoms with van der Waals surface area (Å²) in [7, 11) is 2.57. The molecule has 1 heterocycles. The molecule has 0 saturated carbocycles. The second-order valence-corrected chi connectivity index (χ2v) is 15.7. The summed E-state index contributed by atoms with van der Waals surface area (Å²) in [4.78, 5) is 105. The van der Waals surface area contributed by atoms with Crippen LogP contribution in [-0.2, 0) is 40.0 Å². The van der Waals surface area contributed by atoms with E-state index in [-0.39, 0.29) is 62.3 Å². The molecule has 0 unspecified atom stereocenters. The van der Waals surface area contributed by atoms with Crippen LogP contribution in [0.2, 0.25) is 0 Å². The van der Waals surface area contributed by atoms with E-state index in [4.69, 9.17) is 27.1 Å². The molecule has 3 aromatic rings. The minimum atomic E-state index is -1.38. The van der Waals surface area contributed by atoms with Crippen LogP contribution in [0.4, 0.5) is 11.6 Å². The molecule has 20 heteroatoms. The lowest BCUT2D eigenvalue weighted by Crippen LogP contribution is -2.43. The van der Waals surface area contributed by atoms with Crippen molar-refractivity contribution in [2.45, 2.75) is 64.1 Å². The third-order valence-corrected chi connectivity index (χ3v) is 10.7. The molecular weight excluding hydrogens is 797 g/mol. The van der Waals surface area contributed by atoms with Gasteiger partial charge >= 0.3 is 23.9 Å². The number of aliphatic carboxylic acids is 3. The summed E-state index contributed by atoms with van der Waals surface area (Å²) in [5, 5.41) is 32.9. The minimum absolute atomic E-state index is 0.00811. The van der Waals surface area contributed by atoms with Crippen LogP contribution in [-0.4, -0.2) is 104 Å². The number of aromatic amines is 1. The molecular formula is C38H44N6O12S2. The Morgan fingerprint density at radius 1 is 0.931 bits per heavy atom. The molecule has 0 saturated heterocycles. The fourth-order valence-corrected chi connectivity index (χ4v) is 7.33. The van der Waals surface area contributed by atoms with Gasteiger partial charge < -0.3 is 41.3 Å². The number of hydrogen-bond acceptors (Lipinski definition) is 14. The van der Waals surface area contributed by atoms with Crippen molar-refractivity contribution in [3.63, 3.8) is 0 Å². The van der Waals surface area contributed by atoms with Crippen LogP contribution in [0.3, 0.4) is 0 Å². The number of carboxylic acids is 3. The van der Waals surface area contributed by atoms with Crippen LogP contribution in [0.25, 0.3) is 10.9 Å². The van der Waals surface area contributed by atoms with Gasteiger partial charge in [0.05, 0.1) is 29.9 Å². The summed E-state index contributed by atoms with van der Waals surface area (Å²) in [6.07, 6.45) is 3.96. The Labute approximate surface area is 340 Å². The van der Waals surface area contributed by atoms with Gasteiger partial charge in [0.25, 0.3) is 11.5 Å². The summed E-state index contributed by atoms with van der Waals surface area (Å²) >= 11 is 0. The topological polar surface area (TPSA) is 288 Å². The van der Waals surface area contributed by atoms with Crippen molar-refractivity contribution < 1.29 is 53.6 Å². The van der Waals surface area contributed by atoms with Crippen LogP contribution in [0.15, 0.2) is 47.3 Å². The number of esters is 1. The molecule has 0 spiro atoms. The van der Waals surface area contributed by atoms with E-state index in [0.29, 0.717) is 34.6 Å². The lowest BCUT2D eigenvalue weighted by molar-refractivity contribution is -0.144. The number of H-pyrrole nitrogens is 1. The van der Waals surface area contributed by atoms with Crippen molar-refractivity contribution in [3.8, 4) is 12.3 Å². The molecule has 0 aliphatic rings. The maximum Gasteiger partial charge on any atom is 0.326 e. The Kier molecular flexibility index (Phi) is 18.5.